The van der Waals surface area contributed by atoms with Gasteiger partial charge >= 0.3 is 6.03 Å². The predicted octanol–water partition coefficient (Wildman–Crippen LogP) is 6.08. The Morgan fingerprint density at radius 1 is 0.894 bits per heavy atom. The monoisotopic (exact) mass is 643 g/mol. The minimum Gasteiger partial charge on any atom is -0.342 e. The lowest BCUT2D eigenvalue weighted by Gasteiger charge is -2.17. The first-order valence-electron chi connectivity index (χ1n) is 14.9. The minimum absolute atomic E-state index is 0.0916. The standard InChI is InChI=1S/C36H30ClN7O3/c37-29-13-17-33(44-23-38-42-43-44)28(21-29)12-18-35(46)41-32(19-24-5-2-1-3-6-24)34(45)20-25-9-14-30(15-10-25)39-36(47)40-31-16-11-26-7-4-8-27(26)22-31/h1-6,8-18,21-23,32H,7,19-20H2,(H,41,46)(H2,39,40,47)/b18-12+/t32-/m0/s1. The van der Waals surface area contributed by atoms with Gasteiger partial charge in [-0.2, -0.15) is 4.68 Å². The normalized spacial score (nSPS) is 12.4. The maximum atomic E-state index is 13.6. The summed E-state index contributed by atoms with van der Waals surface area (Å²) >= 11 is 6.20. The number of nitrogens with one attached hydrogen (secondary N) is 3. The molecule has 10 nitrogen and oxygen atoms in total. The molecule has 5 aromatic rings. The van der Waals surface area contributed by atoms with Crippen molar-refractivity contribution < 1.29 is 14.4 Å². The van der Waals surface area contributed by atoms with Crippen LogP contribution in [-0.4, -0.2) is 44.0 Å². The topological polar surface area (TPSA) is 131 Å². The number of fused-ring (bicyclic) bond motifs is 1. The Morgan fingerprint density at radius 2 is 1.68 bits per heavy atom. The van der Waals surface area contributed by atoms with Crippen LogP contribution in [0, 0.1) is 0 Å². The summed E-state index contributed by atoms with van der Waals surface area (Å²) in [6.07, 6.45) is 9.86. The van der Waals surface area contributed by atoms with Crippen molar-refractivity contribution in [2.24, 2.45) is 0 Å². The van der Waals surface area contributed by atoms with E-state index in [0.29, 0.717) is 34.1 Å². The van der Waals surface area contributed by atoms with E-state index in [1.165, 1.54) is 22.6 Å². The van der Waals surface area contributed by atoms with E-state index in [1.807, 2.05) is 54.6 Å². The van der Waals surface area contributed by atoms with E-state index >= 15 is 0 Å². The Labute approximate surface area is 276 Å². The number of benzene rings is 4. The van der Waals surface area contributed by atoms with Crippen molar-refractivity contribution in [2.45, 2.75) is 25.3 Å². The Hall–Kier alpha value is -5.87. The van der Waals surface area contributed by atoms with Crippen molar-refractivity contribution in [3.8, 4) is 5.69 Å². The van der Waals surface area contributed by atoms with Crippen LogP contribution in [0.2, 0.25) is 5.02 Å². The third-order valence-corrected chi connectivity index (χ3v) is 7.85. The van der Waals surface area contributed by atoms with Crippen LogP contribution in [0.5, 0.6) is 0 Å². The van der Waals surface area contributed by atoms with Gasteiger partial charge in [0.2, 0.25) is 5.91 Å². The summed E-state index contributed by atoms with van der Waals surface area (Å²) in [5.41, 5.74) is 6.55. The fourth-order valence-electron chi connectivity index (χ4n) is 5.27. The van der Waals surface area contributed by atoms with Crippen molar-refractivity contribution >= 4 is 52.8 Å². The number of carbonyl (C=O) groups is 3. The van der Waals surface area contributed by atoms with E-state index in [9.17, 15) is 14.4 Å². The number of anilines is 2. The molecule has 234 valence electrons. The molecule has 0 radical (unpaired) electrons. The highest BCUT2D eigenvalue weighted by molar-refractivity contribution is 6.30. The van der Waals surface area contributed by atoms with Gasteiger partial charge in [-0.1, -0.05) is 72.3 Å². The van der Waals surface area contributed by atoms with Gasteiger partial charge < -0.3 is 16.0 Å². The summed E-state index contributed by atoms with van der Waals surface area (Å²) in [5.74, 6) is -0.594. The molecule has 11 heteroatoms. The Bertz CT molecular complexity index is 1960. The maximum absolute atomic E-state index is 13.6. The number of nitrogens with zero attached hydrogens (tertiary/aromatic N) is 4. The predicted molar refractivity (Wildman–Crippen MR) is 182 cm³/mol. The number of amides is 3. The molecule has 0 unspecified atom stereocenters. The van der Waals surface area contributed by atoms with Crippen LogP contribution in [0.25, 0.3) is 17.8 Å². The van der Waals surface area contributed by atoms with Gasteiger partial charge in [0.15, 0.2) is 5.78 Å². The first-order valence-corrected chi connectivity index (χ1v) is 15.3. The van der Waals surface area contributed by atoms with Crippen LogP contribution < -0.4 is 16.0 Å². The number of halogens is 1. The molecule has 6 rings (SSSR count). The highest BCUT2D eigenvalue weighted by Gasteiger charge is 2.21. The number of tetrazole rings is 1. The molecule has 0 spiro atoms. The molecule has 1 heterocycles. The number of carbonyl (C=O) groups excluding carboxylic acids is 3. The van der Waals surface area contributed by atoms with Gasteiger partial charge in [0, 0.05) is 34.5 Å². The fraction of sp³-hybridized carbons (Fsp3) is 0.111. The quantitative estimate of drug-likeness (QED) is 0.150. The summed E-state index contributed by atoms with van der Waals surface area (Å²) in [6.45, 7) is 0. The molecular weight excluding hydrogens is 614 g/mol. The second-order valence-electron chi connectivity index (χ2n) is 11.0. The molecule has 3 amide bonds. The Kier molecular flexibility index (Phi) is 9.59. The van der Waals surface area contributed by atoms with Gasteiger partial charge in [-0.3, -0.25) is 9.59 Å². The van der Waals surface area contributed by atoms with Crippen LogP contribution in [-0.2, 0) is 28.9 Å². The number of aromatic nitrogens is 4. The fourth-order valence-corrected chi connectivity index (χ4v) is 5.45. The van der Waals surface area contributed by atoms with E-state index in [1.54, 1.807) is 48.5 Å². The zero-order valence-corrected chi connectivity index (χ0v) is 25.9. The molecule has 0 aliphatic heterocycles. The number of ketones is 1. The van der Waals surface area contributed by atoms with Crippen LogP contribution in [0.4, 0.5) is 16.2 Å². The van der Waals surface area contributed by atoms with Gasteiger partial charge in [0.1, 0.15) is 6.33 Å². The van der Waals surface area contributed by atoms with E-state index in [2.05, 4.69) is 37.6 Å². The number of hydrogen-bond acceptors (Lipinski definition) is 6. The zero-order valence-electron chi connectivity index (χ0n) is 25.1. The number of rotatable bonds is 11. The second-order valence-corrected chi connectivity index (χ2v) is 11.4. The molecule has 1 aromatic heterocycles. The number of allylic oxidation sites excluding steroid dienone is 1. The molecule has 0 fully saturated rings. The van der Waals surface area contributed by atoms with Crippen molar-refractivity contribution in [3.05, 3.63) is 142 Å². The molecule has 1 atom stereocenters. The van der Waals surface area contributed by atoms with E-state index in [4.69, 9.17) is 11.6 Å². The maximum Gasteiger partial charge on any atom is 0.323 e. The molecule has 3 N–H and O–H groups in total. The third-order valence-electron chi connectivity index (χ3n) is 7.62. The van der Waals surface area contributed by atoms with Gasteiger partial charge in [-0.25, -0.2) is 4.79 Å². The average Bonchev–Trinajstić information content (AvgIpc) is 3.78. The van der Waals surface area contributed by atoms with Crippen molar-refractivity contribution in [3.63, 3.8) is 0 Å². The molecule has 0 bridgehead atoms. The summed E-state index contributed by atoms with van der Waals surface area (Å²) in [4.78, 5) is 39.3. The first kappa shape index (κ1) is 31.1. The van der Waals surface area contributed by atoms with Gasteiger partial charge in [-0.15, -0.1) is 5.10 Å². The summed E-state index contributed by atoms with van der Waals surface area (Å²) < 4.78 is 1.47. The third kappa shape index (κ3) is 8.24. The SMILES string of the molecule is O=C(/C=C/c1cc(Cl)ccc1-n1cnnn1)N[C@@H](Cc1ccccc1)C(=O)Cc1ccc(NC(=O)Nc2ccc3c(c2)C=CC3)cc1. The van der Waals surface area contributed by atoms with Crippen molar-refractivity contribution in [1.29, 1.82) is 0 Å². The van der Waals surface area contributed by atoms with Crippen molar-refractivity contribution in [1.82, 2.24) is 25.5 Å². The molecule has 0 saturated carbocycles. The van der Waals surface area contributed by atoms with Crippen molar-refractivity contribution in [2.75, 3.05) is 10.6 Å². The van der Waals surface area contributed by atoms with Gasteiger partial charge in [-0.05, 0) is 94.1 Å². The van der Waals surface area contributed by atoms with Crippen LogP contribution in [0.3, 0.4) is 0 Å². The van der Waals surface area contributed by atoms with E-state index in [-0.39, 0.29) is 18.2 Å². The van der Waals surface area contributed by atoms with Gasteiger partial charge in [0.25, 0.3) is 0 Å². The summed E-state index contributed by atoms with van der Waals surface area (Å²) in [7, 11) is 0. The van der Waals surface area contributed by atoms with Crippen LogP contribution in [0.1, 0.15) is 27.8 Å². The highest BCUT2D eigenvalue weighted by atomic mass is 35.5. The van der Waals surface area contributed by atoms with Crippen LogP contribution in [0.15, 0.2) is 109 Å². The molecular formula is C36H30ClN7O3. The molecule has 0 saturated heterocycles. The molecule has 4 aromatic carbocycles. The Balaban J connectivity index is 1.10. The van der Waals surface area contributed by atoms with Crippen LogP contribution >= 0.6 is 11.6 Å². The lowest BCUT2D eigenvalue weighted by molar-refractivity contribution is -0.125. The molecule has 1 aliphatic carbocycles. The number of hydrogen-bond donors (Lipinski definition) is 3. The number of Topliss-reactive ketones (excluding diaryl/α,β-unsaturated/α-hetero) is 1. The number of urea groups is 1. The lowest BCUT2D eigenvalue weighted by Crippen LogP contribution is -2.42. The smallest absolute Gasteiger partial charge is 0.323 e. The largest absolute Gasteiger partial charge is 0.342 e. The zero-order chi connectivity index (χ0) is 32.6. The summed E-state index contributed by atoms with van der Waals surface area (Å²) in [5, 5.41) is 20.3. The second kappa shape index (κ2) is 14.5. The van der Waals surface area contributed by atoms with E-state index in [0.717, 1.165) is 23.1 Å². The van der Waals surface area contributed by atoms with E-state index < -0.39 is 11.9 Å². The first-order chi connectivity index (χ1) is 22.9. The lowest BCUT2D eigenvalue weighted by atomic mass is 9.97. The molecule has 1 aliphatic rings. The highest BCUT2D eigenvalue weighted by Crippen LogP contribution is 2.24. The summed E-state index contributed by atoms with van der Waals surface area (Å²) in [6, 6.07) is 26.4. The minimum atomic E-state index is -0.779. The molecule has 47 heavy (non-hydrogen) atoms. The average molecular weight is 644 g/mol. The Morgan fingerprint density at radius 3 is 2.47 bits per heavy atom. The van der Waals surface area contributed by atoms with Gasteiger partial charge in [0.05, 0.1) is 11.7 Å².